The molecule has 1 atom stereocenters. The lowest BCUT2D eigenvalue weighted by Gasteiger charge is -2.26. The minimum Gasteiger partial charge on any atom is -0.508 e. The predicted octanol–water partition coefficient (Wildman–Crippen LogP) is 2.31. The van der Waals surface area contributed by atoms with Crippen LogP contribution in [0.5, 0.6) is 5.75 Å². The van der Waals surface area contributed by atoms with E-state index in [0.29, 0.717) is 18.1 Å². The molecule has 2 heterocycles. The van der Waals surface area contributed by atoms with Crippen LogP contribution in [0.2, 0.25) is 0 Å². The predicted molar refractivity (Wildman–Crippen MR) is 93.0 cm³/mol. The lowest BCUT2D eigenvalue weighted by molar-refractivity contribution is 0.467. The van der Waals surface area contributed by atoms with Gasteiger partial charge in [-0.1, -0.05) is 12.1 Å². The average molecular weight is 334 g/mol. The molecule has 25 heavy (non-hydrogen) atoms. The van der Waals surface area contributed by atoms with Crippen LogP contribution in [0.3, 0.4) is 0 Å². The largest absolute Gasteiger partial charge is 0.508 e. The van der Waals surface area contributed by atoms with Gasteiger partial charge in [0.05, 0.1) is 6.20 Å². The van der Waals surface area contributed by atoms with Gasteiger partial charge in [0.15, 0.2) is 0 Å². The molecular formula is C19H18N4O2. The minimum atomic E-state index is -0.144. The van der Waals surface area contributed by atoms with Gasteiger partial charge in [-0.3, -0.25) is 4.79 Å². The Hall–Kier alpha value is -3.02. The molecule has 1 N–H and O–H groups in total. The van der Waals surface area contributed by atoms with Gasteiger partial charge >= 0.3 is 0 Å². The zero-order chi connectivity index (χ0) is 17.4. The van der Waals surface area contributed by atoms with Crippen molar-refractivity contribution in [2.75, 3.05) is 0 Å². The van der Waals surface area contributed by atoms with Gasteiger partial charge in [0.1, 0.15) is 5.75 Å². The molecule has 1 aliphatic carbocycles. The van der Waals surface area contributed by atoms with Crippen LogP contribution in [0, 0.1) is 6.92 Å². The number of hydrogen-bond acceptors (Lipinski definition) is 5. The summed E-state index contributed by atoms with van der Waals surface area (Å²) in [5.41, 5.74) is 3.67. The summed E-state index contributed by atoms with van der Waals surface area (Å²) in [6.45, 7) is 1.93. The number of nitrogens with zero attached hydrogens (tertiary/aromatic N) is 4. The van der Waals surface area contributed by atoms with Crippen molar-refractivity contribution in [1.29, 1.82) is 0 Å². The van der Waals surface area contributed by atoms with Gasteiger partial charge in [-0.2, -0.15) is 9.78 Å². The Bertz CT molecular complexity index is 982. The molecule has 4 rings (SSSR count). The van der Waals surface area contributed by atoms with E-state index in [4.69, 9.17) is 0 Å². The molecule has 126 valence electrons. The Morgan fingerprint density at radius 1 is 1.20 bits per heavy atom. The van der Waals surface area contributed by atoms with Crippen LogP contribution < -0.4 is 5.56 Å². The maximum absolute atomic E-state index is 12.8. The summed E-state index contributed by atoms with van der Waals surface area (Å²) in [6, 6.07) is 7.33. The Balaban J connectivity index is 1.70. The highest BCUT2D eigenvalue weighted by molar-refractivity contribution is 5.42. The van der Waals surface area contributed by atoms with Crippen molar-refractivity contribution in [2.45, 2.75) is 32.1 Å². The number of benzene rings is 1. The molecule has 0 amide bonds. The zero-order valence-electron chi connectivity index (χ0n) is 13.9. The Morgan fingerprint density at radius 3 is 2.80 bits per heavy atom. The summed E-state index contributed by atoms with van der Waals surface area (Å²) in [5, 5.41) is 14.2. The van der Waals surface area contributed by atoms with E-state index in [2.05, 4.69) is 21.1 Å². The van der Waals surface area contributed by atoms with Crippen molar-refractivity contribution in [1.82, 2.24) is 19.7 Å². The standard InChI is InChI=1S/C19H18N4O2/c1-12-15(4-2-5-17(12)24)13-6-7-16-14(10-13)11-22-23(18(16)25)19-20-8-3-9-21-19/h2-5,8-9,11,13,24H,6-7,10H2,1H3. The first-order valence-corrected chi connectivity index (χ1v) is 8.31. The molecule has 6 heteroatoms. The molecule has 0 bridgehead atoms. The number of aromatic hydroxyl groups is 1. The third-order valence-corrected chi connectivity index (χ3v) is 4.90. The molecule has 0 radical (unpaired) electrons. The van der Waals surface area contributed by atoms with E-state index in [1.165, 1.54) is 4.68 Å². The molecule has 1 aromatic carbocycles. The summed E-state index contributed by atoms with van der Waals surface area (Å²) in [6.07, 6.45) is 7.23. The molecule has 0 fully saturated rings. The topological polar surface area (TPSA) is 80.9 Å². The van der Waals surface area contributed by atoms with E-state index in [1.54, 1.807) is 30.7 Å². The zero-order valence-corrected chi connectivity index (χ0v) is 13.9. The highest BCUT2D eigenvalue weighted by atomic mass is 16.3. The fourth-order valence-electron chi connectivity index (χ4n) is 3.54. The van der Waals surface area contributed by atoms with Crippen molar-refractivity contribution in [3.63, 3.8) is 0 Å². The van der Waals surface area contributed by atoms with Gasteiger partial charge in [-0.25, -0.2) is 9.97 Å². The van der Waals surface area contributed by atoms with Crippen molar-refractivity contribution >= 4 is 0 Å². The molecule has 0 saturated carbocycles. The molecular weight excluding hydrogens is 316 g/mol. The Labute approximate surface area is 144 Å². The second kappa shape index (κ2) is 6.12. The third-order valence-electron chi connectivity index (χ3n) is 4.90. The molecule has 3 aromatic rings. The van der Waals surface area contributed by atoms with Gasteiger partial charge in [0.25, 0.3) is 11.5 Å². The normalized spacial score (nSPS) is 16.4. The summed E-state index contributed by atoms with van der Waals surface area (Å²) in [4.78, 5) is 21.0. The third kappa shape index (κ3) is 2.69. The molecule has 0 aliphatic heterocycles. The highest BCUT2D eigenvalue weighted by Crippen LogP contribution is 2.35. The van der Waals surface area contributed by atoms with E-state index >= 15 is 0 Å². The second-order valence-electron chi connectivity index (χ2n) is 6.35. The van der Waals surface area contributed by atoms with Crippen LogP contribution in [0.15, 0.2) is 47.7 Å². The van der Waals surface area contributed by atoms with Gasteiger partial charge in [-0.15, -0.1) is 0 Å². The first-order valence-electron chi connectivity index (χ1n) is 8.31. The van der Waals surface area contributed by atoms with Crippen molar-refractivity contribution < 1.29 is 5.11 Å². The van der Waals surface area contributed by atoms with E-state index in [9.17, 15) is 9.90 Å². The van der Waals surface area contributed by atoms with Crippen molar-refractivity contribution in [3.8, 4) is 11.7 Å². The van der Waals surface area contributed by atoms with Crippen molar-refractivity contribution in [3.05, 3.63) is 75.5 Å². The maximum atomic E-state index is 12.8. The summed E-state index contributed by atoms with van der Waals surface area (Å²) in [5.74, 6) is 0.893. The molecule has 1 unspecified atom stereocenters. The van der Waals surface area contributed by atoms with Gasteiger partial charge in [-0.05, 0) is 60.9 Å². The lowest BCUT2D eigenvalue weighted by Crippen LogP contribution is -2.30. The van der Waals surface area contributed by atoms with E-state index in [0.717, 1.165) is 35.1 Å². The fourth-order valence-corrected chi connectivity index (χ4v) is 3.54. The molecule has 2 aromatic heterocycles. The quantitative estimate of drug-likeness (QED) is 0.778. The van der Waals surface area contributed by atoms with Crippen molar-refractivity contribution in [2.24, 2.45) is 0 Å². The van der Waals surface area contributed by atoms with E-state index < -0.39 is 0 Å². The highest BCUT2D eigenvalue weighted by Gasteiger charge is 2.25. The number of phenolic OH excluding ortho intramolecular Hbond substituents is 1. The summed E-state index contributed by atoms with van der Waals surface area (Å²) in [7, 11) is 0. The van der Waals surface area contributed by atoms with E-state index in [-0.39, 0.29) is 11.5 Å². The van der Waals surface area contributed by atoms with Crippen LogP contribution in [-0.2, 0) is 12.8 Å². The Morgan fingerprint density at radius 2 is 2.00 bits per heavy atom. The SMILES string of the molecule is Cc1c(O)cccc1C1CCc2c(cnn(-c3ncccn3)c2=O)C1. The van der Waals surface area contributed by atoms with Gasteiger partial charge in [0.2, 0.25) is 0 Å². The maximum Gasteiger partial charge on any atom is 0.277 e. The average Bonchev–Trinajstić information content (AvgIpc) is 2.65. The lowest BCUT2D eigenvalue weighted by atomic mass is 9.80. The van der Waals surface area contributed by atoms with E-state index in [1.807, 2.05) is 13.0 Å². The number of aromatic nitrogens is 4. The van der Waals surface area contributed by atoms with Gasteiger partial charge < -0.3 is 5.11 Å². The summed E-state index contributed by atoms with van der Waals surface area (Å²) < 4.78 is 1.26. The number of rotatable bonds is 2. The molecule has 1 aliphatic rings. The first-order chi connectivity index (χ1) is 12.1. The number of phenols is 1. The van der Waals surface area contributed by atoms with Crippen LogP contribution >= 0.6 is 0 Å². The Kier molecular flexibility index (Phi) is 3.80. The van der Waals surface area contributed by atoms with Crippen LogP contribution in [-0.4, -0.2) is 24.9 Å². The smallest absolute Gasteiger partial charge is 0.277 e. The number of fused-ring (bicyclic) bond motifs is 1. The van der Waals surface area contributed by atoms with Crippen LogP contribution in [0.1, 0.15) is 34.6 Å². The van der Waals surface area contributed by atoms with Crippen LogP contribution in [0.4, 0.5) is 0 Å². The second-order valence-corrected chi connectivity index (χ2v) is 6.35. The van der Waals surface area contributed by atoms with Crippen LogP contribution in [0.25, 0.3) is 5.95 Å². The minimum absolute atomic E-state index is 0.144. The monoisotopic (exact) mass is 334 g/mol. The molecule has 0 spiro atoms. The first kappa shape index (κ1) is 15.5. The fraction of sp³-hybridized carbons (Fsp3) is 0.263. The summed E-state index contributed by atoms with van der Waals surface area (Å²) >= 11 is 0. The molecule has 6 nitrogen and oxygen atoms in total. The number of hydrogen-bond donors (Lipinski definition) is 1. The molecule has 0 saturated heterocycles. The van der Waals surface area contributed by atoms with Gasteiger partial charge in [0, 0.05) is 18.0 Å².